The molecule has 1 aromatic rings. The number of benzene rings is 1. The Morgan fingerprint density at radius 1 is 1.16 bits per heavy atom. The highest BCUT2D eigenvalue weighted by atomic mass is 35.5. The van der Waals surface area contributed by atoms with Crippen molar-refractivity contribution in [1.82, 2.24) is 10.2 Å². The Kier molecular flexibility index (Phi) is 8.02. The molecule has 0 saturated carbocycles. The van der Waals surface area contributed by atoms with Crippen LogP contribution < -0.4 is 5.32 Å². The number of nitrogens with zero attached hydrogens (tertiary/aromatic N) is 1. The molecule has 5 heteroatoms. The molecule has 0 radical (unpaired) electrons. The fourth-order valence-corrected chi connectivity index (χ4v) is 2.41. The van der Waals surface area contributed by atoms with Crippen LogP contribution in [0.25, 0.3) is 0 Å². The number of rotatable bonds is 9. The largest absolute Gasteiger partial charge is 0.395 e. The highest BCUT2D eigenvalue weighted by Gasteiger charge is 2.14. The summed E-state index contributed by atoms with van der Waals surface area (Å²) in [6, 6.07) is 7.98. The molecule has 4 nitrogen and oxygen atoms in total. The van der Waals surface area contributed by atoms with E-state index in [2.05, 4.69) is 5.32 Å². The number of nitrogens with one attached hydrogen (secondary N) is 1. The summed E-state index contributed by atoms with van der Waals surface area (Å²) in [5.41, 5.74) is 1.08. The molecule has 108 valence electrons. The van der Waals surface area contributed by atoms with Gasteiger partial charge in [-0.15, -0.1) is 0 Å². The minimum Gasteiger partial charge on any atom is -0.395 e. The molecule has 0 heterocycles. The fourth-order valence-electron chi connectivity index (χ4n) is 2.14. The molecule has 19 heavy (non-hydrogen) atoms. The summed E-state index contributed by atoms with van der Waals surface area (Å²) in [6.07, 6.45) is 0.875. The Balaban J connectivity index is 2.59. The summed E-state index contributed by atoms with van der Waals surface area (Å²) >= 11 is 6.20. The first-order valence-electron chi connectivity index (χ1n) is 6.58. The first kappa shape index (κ1) is 16.4. The van der Waals surface area contributed by atoms with Crippen molar-refractivity contribution in [2.45, 2.75) is 12.5 Å². The van der Waals surface area contributed by atoms with Crippen LogP contribution in [0.1, 0.15) is 18.0 Å². The lowest BCUT2D eigenvalue weighted by atomic mass is 10.0. The smallest absolute Gasteiger partial charge is 0.0558 e. The van der Waals surface area contributed by atoms with Gasteiger partial charge in [0.15, 0.2) is 0 Å². The molecule has 1 unspecified atom stereocenters. The van der Waals surface area contributed by atoms with Gasteiger partial charge in [-0.2, -0.15) is 0 Å². The van der Waals surface area contributed by atoms with Crippen molar-refractivity contribution in [3.63, 3.8) is 0 Å². The summed E-state index contributed by atoms with van der Waals surface area (Å²) < 4.78 is 0. The van der Waals surface area contributed by atoms with Crippen LogP contribution >= 0.6 is 11.6 Å². The summed E-state index contributed by atoms with van der Waals surface area (Å²) in [5, 5.41) is 22.0. The van der Waals surface area contributed by atoms with Gasteiger partial charge < -0.3 is 15.5 Å². The quantitative estimate of drug-likeness (QED) is 0.640. The third-order valence-electron chi connectivity index (χ3n) is 3.20. The topological polar surface area (TPSA) is 55.7 Å². The number of halogens is 1. The van der Waals surface area contributed by atoms with E-state index in [9.17, 15) is 0 Å². The lowest BCUT2D eigenvalue weighted by Crippen LogP contribution is -2.33. The van der Waals surface area contributed by atoms with Crippen molar-refractivity contribution in [2.75, 3.05) is 39.9 Å². The van der Waals surface area contributed by atoms with Crippen molar-refractivity contribution in [3.8, 4) is 0 Å². The molecule has 0 spiro atoms. The van der Waals surface area contributed by atoms with E-state index in [1.54, 1.807) is 0 Å². The molecule has 3 N–H and O–H groups in total. The highest BCUT2D eigenvalue weighted by Crippen LogP contribution is 2.24. The average Bonchev–Trinajstić information content (AvgIpc) is 2.41. The standard InChI is InChI=1S/C14H23ClN2O2/c1-16-14(12-4-2-3-5-13(12)15)6-7-17(8-10-18)9-11-19/h2-5,14,16,18-19H,6-11H2,1H3. The van der Waals surface area contributed by atoms with E-state index in [0.29, 0.717) is 13.1 Å². The van der Waals surface area contributed by atoms with Crippen LogP contribution in [-0.2, 0) is 0 Å². The molecule has 0 amide bonds. The number of hydrogen-bond acceptors (Lipinski definition) is 4. The number of aliphatic hydroxyl groups excluding tert-OH is 2. The third kappa shape index (κ3) is 5.47. The number of hydrogen-bond donors (Lipinski definition) is 3. The van der Waals surface area contributed by atoms with Crippen LogP contribution in [0.5, 0.6) is 0 Å². The zero-order chi connectivity index (χ0) is 14.1. The highest BCUT2D eigenvalue weighted by molar-refractivity contribution is 6.31. The van der Waals surface area contributed by atoms with Crippen LogP contribution in [0.2, 0.25) is 5.02 Å². The second-order valence-electron chi connectivity index (χ2n) is 4.44. The molecule has 0 aliphatic rings. The maximum Gasteiger partial charge on any atom is 0.0558 e. The molecule has 0 aromatic heterocycles. The van der Waals surface area contributed by atoms with Crippen molar-refractivity contribution < 1.29 is 10.2 Å². The van der Waals surface area contributed by atoms with Crippen LogP contribution in [0, 0.1) is 0 Å². The Morgan fingerprint density at radius 2 is 1.79 bits per heavy atom. The van der Waals surface area contributed by atoms with Crippen LogP contribution in [0.15, 0.2) is 24.3 Å². The van der Waals surface area contributed by atoms with E-state index in [1.807, 2.05) is 36.2 Å². The third-order valence-corrected chi connectivity index (χ3v) is 3.54. The minimum atomic E-state index is 0.107. The lowest BCUT2D eigenvalue weighted by molar-refractivity contribution is 0.156. The van der Waals surface area contributed by atoms with Crippen molar-refractivity contribution in [2.24, 2.45) is 0 Å². The molecule has 1 aromatic carbocycles. The average molecular weight is 287 g/mol. The Hall–Kier alpha value is -0.650. The summed E-state index contributed by atoms with van der Waals surface area (Å²) in [6.45, 7) is 2.18. The Morgan fingerprint density at radius 3 is 2.32 bits per heavy atom. The molecule has 1 rings (SSSR count). The Labute approximate surface area is 120 Å². The van der Waals surface area contributed by atoms with Gasteiger partial charge in [0.2, 0.25) is 0 Å². The molecule has 0 bridgehead atoms. The zero-order valence-corrected chi connectivity index (χ0v) is 12.1. The lowest BCUT2D eigenvalue weighted by Gasteiger charge is -2.24. The first-order chi connectivity index (χ1) is 9.22. The van der Waals surface area contributed by atoms with E-state index in [0.717, 1.165) is 23.6 Å². The van der Waals surface area contributed by atoms with Gasteiger partial charge in [0.1, 0.15) is 0 Å². The predicted octanol–water partition coefficient (Wildman–Crippen LogP) is 1.28. The molecular formula is C14H23ClN2O2. The maximum absolute atomic E-state index is 8.99. The van der Waals surface area contributed by atoms with Gasteiger partial charge in [-0.25, -0.2) is 0 Å². The van der Waals surface area contributed by atoms with Crippen LogP contribution in [0.4, 0.5) is 0 Å². The zero-order valence-electron chi connectivity index (χ0n) is 11.3. The SMILES string of the molecule is CNC(CCN(CCO)CCO)c1ccccc1Cl. The van der Waals surface area contributed by atoms with Gasteiger partial charge >= 0.3 is 0 Å². The van der Waals surface area contributed by atoms with Crippen molar-refractivity contribution >= 4 is 11.6 Å². The molecule has 0 aliphatic heterocycles. The number of aliphatic hydroxyl groups is 2. The second-order valence-corrected chi connectivity index (χ2v) is 4.85. The molecule has 1 atom stereocenters. The Bertz CT molecular complexity index is 357. The predicted molar refractivity (Wildman–Crippen MR) is 78.5 cm³/mol. The van der Waals surface area contributed by atoms with Crippen LogP contribution in [0.3, 0.4) is 0 Å². The molecule has 0 fully saturated rings. The fraction of sp³-hybridized carbons (Fsp3) is 0.571. The van der Waals surface area contributed by atoms with Gasteiger partial charge in [0.05, 0.1) is 13.2 Å². The van der Waals surface area contributed by atoms with Gasteiger partial charge in [-0.1, -0.05) is 29.8 Å². The van der Waals surface area contributed by atoms with Crippen LogP contribution in [-0.4, -0.2) is 55.0 Å². The van der Waals surface area contributed by atoms with E-state index >= 15 is 0 Å². The second kappa shape index (κ2) is 9.28. The van der Waals surface area contributed by atoms with Gasteiger partial charge in [-0.05, 0) is 25.1 Å². The minimum absolute atomic E-state index is 0.107. The summed E-state index contributed by atoms with van der Waals surface area (Å²) in [7, 11) is 1.91. The monoisotopic (exact) mass is 286 g/mol. The summed E-state index contributed by atoms with van der Waals surface area (Å²) in [4.78, 5) is 2.04. The molecular weight excluding hydrogens is 264 g/mol. The molecule has 0 aliphatic carbocycles. The van der Waals surface area contributed by atoms with Gasteiger partial charge in [0, 0.05) is 30.7 Å². The van der Waals surface area contributed by atoms with E-state index in [4.69, 9.17) is 21.8 Å². The van der Waals surface area contributed by atoms with E-state index < -0.39 is 0 Å². The van der Waals surface area contributed by atoms with Gasteiger partial charge in [0.25, 0.3) is 0 Å². The molecule has 0 saturated heterocycles. The van der Waals surface area contributed by atoms with Gasteiger partial charge in [-0.3, -0.25) is 4.90 Å². The van der Waals surface area contributed by atoms with E-state index in [-0.39, 0.29) is 19.3 Å². The summed E-state index contributed by atoms with van der Waals surface area (Å²) in [5.74, 6) is 0. The normalized spacial score (nSPS) is 12.9. The van der Waals surface area contributed by atoms with Crippen molar-refractivity contribution in [1.29, 1.82) is 0 Å². The van der Waals surface area contributed by atoms with Crippen molar-refractivity contribution in [3.05, 3.63) is 34.9 Å². The van der Waals surface area contributed by atoms with E-state index in [1.165, 1.54) is 0 Å². The maximum atomic E-state index is 8.99. The first-order valence-corrected chi connectivity index (χ1v) is 6.96.